The molecule has 0 saturated heterocycles. The molecule has 0 aliphatic carbocycles. The van der Waals surface area contributed by atoms with Crippen LogP contribution in [-0.2, 0) is 14.8 Å². The maximum atomic E-state index is 12.4. The van der Waals surface area contributed by atoms with Crippen LogP contribution in [0.4, 0.5) is 0 Å². The number of ether oxygens (including phenoxy) is 1. The second kappa shape index (κ2) is 8.65. The van der Waals surface area contributed by atoms with E-state index in [0.717, 1.165) is 25.1 Å². The van der Waals surface area contributed by atoms with Crippen molar-refractivity contribution in [3.05, 3.63) is 40.4 Å². The minimum absolute atomic E-state index is 0. The second-order valence-electron chi connectivity index (χ2n) is 4.77. The number of carbonyl (C=O) groups is 1. The molecule has 0 amide bonds. The Morgan fingerprint density at radius 3 is 2.78 bits per heavy atom. The van der Waals surface area contributed by atoms with E-state index in [4.69, 9.17) is 11.6 Å². The van der Waals surface area contributed by atoms with Crippen LogP contribution >= 0.6 is 24.0 Å². The number of hydrogen-bond donors (Lipinski definition) is 2. The zero-order valence-corrected chi connectivity index (χ0v) is 14.9. The van der Waals surface area contributed by atoms with E-state index >= 15 is 0 Å². The molecule has 0 spiro atoms. The summed E-state index contributed by atoms with van der Waals surface area (Å²) in [6, 6.07) is 4.03. The highest BCUT2D eigenvalue weighted by molar-refractivity contribution is 7.89. The van der Waals surface area contributed by atoms with Crippen molar-refractivity contribution in [2.45, 2.75) is 11.3 Å². The minimum Gasteiger partial charge on any atom is -0.465 e. The van der Waals surface area contributed by atoms with Crippen LogP contribution in [0.3, 0.4) is 0 Å². The highest BCUT2D eigenvalue weighted by atomic mass is 35.5. The lowest BCUT2D eigenvalue weighted by atomic mass is 10.1. The monoisotopic (exact) mass is 380 g/mol. The number of methoxy groups -OCH3 is 1. The van der Waals surface area contributed by atoms with E-state index in [1.165, 1.54) is 25.3 Å². The fraction of sp³-hybridized carbons (Fsp3) is 0.357. The van der Waals surface area contributed by atoms with Gasteiger partial charge in [-0.3, -0.25) is 0 Å². The van der Waals surface area contributed by atoms with Gasteiger partial charge in [0.05, 0.1) is 17.6 Å². The Morgan fingerprint density at radius 2 is 2.17 bits per heavy atom. The summed E-state index contributed by atoms with van der Waals surface area (Å²) in [4.78, 5) is 11.5. The first-order chi connectivity index (χ1) is 10.4. The average molecular weight is 381 g/mol. The molecule has 0 fully saturated rings. The maximum absolute atomic E-state index is 12.4. The molecule has 0 saturated carbocycles. The third-order valence-corrected chi connectivity index (χ3v) is 4.96. The third-order valence-electron chi connectivity index (χ3n) is 3.29. The molecule has 0 bridgehead atoms. The van der Waals surface area contributed by atoms with E-state index in [1.54, 1.807) is 0 Å². The van der Waals surface area contributed by atoms with Gasteiger partial charge >= 0.3 is 5.97 Å². The van der Waals surface area contributed by atoms with Crippen LogP contribution < -0.4 is 10.0 Å². The van der Waals surface area contributed by atoms with Crippen molar-refractivity contribution >= 4 is 40.0 Å². The zero-order valence-electron chi connectivity index (χ0n) is 12.5. The van der Waals surface area contributed by atoms with Crippen LogP contribution in [-0.4, -0.2) is 41.1 Å². The molecule has 1 aliphatic rings. The molecule has 0 unspecified atom stereocenters. The van der Waals surface area contributed by atoms with Crippen molar-refractivity contribution in [2.24, 2.45) is 0 Å². The van der Waals surface area contributed by atoms with Gasteiger partial charge in [0, 0.05) is 18.1 Å². The van der Waals surface area contributed by atoms with Crippen molar-refractivity contribution in [3.63, 3.8) is 0 Å². The standard InChI is InChI=1S/C14H17ClN2O4S.ClH/c1-21-14(18)12-3-2-11(15)8-13(12)22(19,20)17-9-10-4-6-16-7-5-10;/h2-4,8,16-17H,5-7,9H2,1H3;1H. The predicted molar refractivity (Wildman–Crippen MR) is 90.8 cm³/mol. The SMILES string of the molecule is COC(=O)c1ccc(Cl)cc1S(=O)(=O)NCC1=CCNCC1.Cl. The molecule has 1 aromatic rings. The highest BCUT2D eigenvalue weighted by Gasteiger charge is 2.23. The molecular formula is C14H18Cl2N2O4S. The molecule has 1 heterocycles. The Labute approximate surface area is 146 Å². The molecule has 1 aromatic carbocycles. The summed E-state index contributed by atoms with van der Waals surface area (Å²) in [5.74, 6) is -0.724. The van der Waals surface area contributed by atoms with E-state index in [0.29, 0.717) is 0 Å². The molecule has 0 radical (unpaired) electrons. The van der Waals surface area contributed by atoms with Gasteiger partial charge in [-0.25, -0.2) is 17.9 Å². The Kier molecular flexibility index (Phi) is 7.50. The largest absolute Gasteiger partial charge is 0.465 e. The Hall–Kier alpha value is -1.12. The smallest absolute Gasteiger partial charge is 0.339 e. The van der Waals surface area contributed by atoms with Gasteiger partial charge in [-0.05, 0) is 31.2 Å². The summed E-state index contributed by atoms with van der Waals surface area (Å²) >= 11 is 5.86. The van der Waals surface area contributed by atoms with Crippen LogP contribution in [0.2, 0.25) is 5.02 Å². The van der Waals surface area contributed by atoms with Crippen LogP contribution in [0.5, 0.6) is 0 Å². The fourth-order valence-electron chi connectivity index (χ4n) is 2.09. The van der Waals surface area contributed by atoms with E-state index in [1.807, 2.05) is 6.08 Å². The molecule has 9 heteroatoms. The number of esters is 1. The average Bonchev–Trinajstić information content (AvgIpc) is 2.53. The van der Waals surface area contributed by atoms with Crippen LogP contribution in [0.15, 0.2) is 34.7 Å². The first-order valence-electron chi connectivity index (χ1n) is 6.70. The normalized spacial score (nSPS) is 14.6. The number of rotatable bonds is 5. The van der Waals surface area contributed by atoms with E-state index in [-0.39, 0.29) is 34.4 Å². The molecule has 23 heavy (non-hydrogen) atoms. The highest BCUT2D eigenvalue weighted by Crippen LogP contribution is 2.22. The van der Waals surface area contributed by atoms with Gasteiger partial charge in [-0.1, -0.05) is 23.3 Å². The number of sulfonamides is 1. The van der Waals surface area contributed by atoms with Gasteiger partial charge in [0.15, 0.2) is 0 Å². The second-order valence-corrected chi connectivity index (χ2v) is 6.94. The minimum atomic E-state index is -3.86. The molecule has 1 aliphatic heterocycles. The predicted octanol–water partition coefficient (Wildman–Crippen LogP) is 1.75. The van der Waals surface area contributed by atoms with Gasteiger partial charge in [-0.15, -0.1) is 12.4 Å². The molecular weight excluding hydrogens is 363 g/mol. The topological polar surface area (TPSA) is 84.5 Å². The molecule has 2 N–H and O–H groups in total. The number of halogens is 2. The lowest BCUT2D eigenvalue weighted by molar-refractivity contribution is 0.0596. The van der Waals surface area contributed by atoms with Gasteiger partial charge in [0.25, 0.3) is 0 Å². The fourth-order valence-corrected chi connectivity index (χ4v) is 3.58. The third kappa shape index (κ3) is 5.19. The molecule has 2 rings (SSSR count). The number of nitrogens with one attached hydrogen (secondary N) is 2. The van der Waals surface area contributed by atoms with Gasteiger partial charge < -0.3 is 10.1 Å². The van der Waals surface area contributed by atoms with Crippen LogP contribution in [0, 0.1) is 0 Å². The van der Waals surface area contributed by atoms with Gasteiger partial charge in [0.2, 0.25) is 10.0 Å². The number of carbonyl (C=O) groups excluding carboxylic acids is 1. The molecule has 128 valence electrons. The lowest BCUT2D eigenvalue weighted by Gasteiger charge is -2.15. The number of hydrogen-bond acceptors (Lipinski definition) is 5. The Morgan fingerprint density at radius 1 is 1.43 bits per heavy atom. The summed E-state index contributed by atoms with van der Waals surface area (Å²) in [5.41, 5.74) is 0.961. The van der Waals surface area contributed by atoms with Crippen LogP contribution in [0.1, 0.15) is 16.8 Å². The Bertz CT molecular complexity index is 705. The summed E-state index contributed by atoms with van der Waals surface area (Å²) < 4.78 is 32.0. The summed E-state index contributed by atoms with van der Waals surface area (Å²) in [6.07, 6.45) is 2.73. The molecule has 0 aromatic heterocycles. The van der Waals surface area contributed by atoms with Crippen molar-refractivity contribution in [1.29, 1.82) is 0 Å². The van der Waals surface area contributed by atoms with Crippen molar-refractivity contribution in [3.8, 4) is 0 Å². The maximum Gasteiger partial charge on any atom is 0.339 e. The van der Waals surface area contributed by atoms with E-state index in [2.05, 4.69) is 14.8 Å². The van der Waals surface area contributed by atoms with Crippen molar-refractivity contribution in [1.82, 2.24) is 10.0 Å². The van der Waals surface area contributed by atoms with Crippen LogP contribution in [0.25, 0.3) is 0 Å². The summed E-state index contributed by atoms with van der Waals surface area (Å²) in [6.45, 7) is 1.75. The lowest BCUT2D eigenvalue weighted by Crippen LogP contribution is -2.30. The summed E-state index contributed by atoms with van der Waals surface area (Å²) in [5, 5.41) is 3.38. The first-order valence-corrected chi connectivity index (χ1v) is 8.56. The number of benzene rings is 1. The van der Waals surface area contributed by atoms with Crippen molar-refractivity contribution < 1.29 is 17.9 Å². The first kappa shape index (κ1) is 19.9. The zero-order chi connectivity index (χ0) is 16.2. The van der Waals surface area contributed by atoms with Gasteiger partial charge in [-0.2, -0.15) is 0 Å². The quantitative estimate of drug-likeness (QED) is 0.600. The molecule has 0 atom stereocenters. The summed E-state index contributed by atoms with van der Waals surface area (Å²) in [7, 11) is -2.67. The van der Waals surface area contributed by atoms with E-state index < -0.39 is 16.0 Å². The van der Waals surface area contributed by atoms with Gasteiger partial charge in [0.1, 0.15) is 0 Å². The Balaban J connectivity index is 0.00000264. The van der Waals surface area contributed by atoms with E-state index in [9.17, 15) is 13.2 Å². The van der Waals surface area contributed by atoms with Crippen molar-refractivity contribution in [2.75, 3.05) is 26.7 Å². The molecule has 6 nitrogen and oxygen atoms in total.